The molecule has 5 heteroatoms. The predicted molar refractivity (Wildman–Crippen MR) is 120 cm³/mol. The standard InChI is InChI=1S/C26H27N3O2/c1-26(23-14-6-3-7-15-23)27-31-24(19-29(26)25(30)21-11-4-2-5-12-21)28-17-16-20-10-8-9-13-22(20)18-28/h2-15,24,27H,16-19H2,1H3. The molecule has 2 unspecified atom stereocenters. The van der Waals surface area contributed by atoms with E-state index in [1.54, 1.807) is 0 Å². The number of nitrogens with one attached hydrogen (secondary N) is 1. The minimum atomic E-state index is -0.765. The number of hydrogen-bond donors (Lipinski definition) is 1. The summed E-state index contributed by atoms with van der Waals surface area (Å²) in [4.78, 5) is 24.0. The molecule has 3 aromatic carbocycles. The zero-order chi connectivity index (χ0) is 21.3. The van der Waals surface area contributed by atoms with Crippen molar-refractivity contribution in [1.82, 2.24) is 15.3 Å². The molecular formula is C26H27N3O2. The maximum Gasteiger partial charge on any atom is 0.255 e. The van der Waals surface area contributed by atoms with Gasteiger partial charge in [0.15, 0.2) is 0 Å². The van der Waals surface area contributed by atoms with Crippen LogP contribution < -0.4 is 5.48 Å². The van der Waals surface area contributed by atoms with E-state index in [9.17, 15) is 4.79 Å². The first kappa shape index (κ1) is 19.9. The van der Waals surface area contributed by atoms with E-state index in [1.807, 2.05) is 72.5 Å². The van der Waals surface area contributed by atoms with E-state index in [2.05, 4.69) is 34.6 Å². The molecule has 2 atom stereocenters. The van der Waals surface area contributed by atoms with Crippen molar-refractivity contribution < 1.29 is 9.63 Å². The van der Waals surface area contributed by atoms with Crippen LogP contribution in [0.4, 0.5) is 0 Å². The Morgan fingerprint density at radius 1 is 0.935 bits per heavy atom. The monoisotopic (exact) mass is 413 g/mol. The van der Waals surface area contributed by atoms with E-state index in [-0.39, 0.29) is 12.1 Å². The molecule has 2 aliphatic rings. The highest BCUT2D eigenvalue weighted by Crippen LogP contribution is 2.32. The van der Waals surface area contributed by atoms with E-state index in [4.69, 9.17) is 4.84 Å². The number of rotatable bonds is 3. The summed E-state index contributed by atoms with van der Waals surface area (Å²) in [6.07, 6.45) is 0.760. The van der Waals surface area contributed by atoms with Crippen molar-refractivity contribution in [2.45, 2.75) is 31.8 Å². The van der Waals surface area contributed by atoms with Crippen LogP contribution in [0.15, 0.2) is 84.9 Å². The highest BCUT2D eigenvalue weighted by Gasteiger charge is 2.44. The minimum Gasteiger partial charge on any atom is -0.310 e. The van der Waals surface area contributed by atoms with Gasteiger partial charge in [-0.15, -0.1) is 0 Å². The summed E-state index contributed by atoms with van der Waals surface area (Å²) < 4.78 is 0. The van der Waals surface area contributed by atoms with Crippen LogP contribution in [0, 0.1) is 0 Å². The van der Waals surface area contributed by atoms with Crippen molar-refractivity contribution in [1.29, 1.82) is 0 Å². The van der Waals surface area contributed by atoms with Gasteiger partial charge in [-0.25, -0.2) is 0 Å². The Balaban J connectivity index is 1.45. The number of fused-ring (bicyclic) bond motifs is 1. The minimum absolute atomic E-state index is 0.00911. The lowest BCUT2D eigenvalue weighted by molar-refractivity contribution is -0.217. The van der Waals surface area contributed by atoms with E-state index < -0.39 is 5.66 Å². The molecule has 158 valence electrons. The van der Waals surface area contributed by atoms with Crippen LogP contribution in [0.25, 0.3) is 0 Å². The molecule has 0 spiro atoms. The third kappa shape index (κ3) is 3.76. The van der Waals surface area contributed by atoms with Crippen molar-refractivity contribution >= 4 is 5.91 Å². The van der Waals surface area contributed by atoms with E-state index in [0.29, 0.717) is 12.1 Å². The van der Waals surface area contributed by atoms with Crippen LogP contribution in [-0.2, 0) is 23.5 Å². The predicted octanol–water partition coefficient (Wildman–Crippen LogP) is 3.92. The van der Waals surface area contributed by atoms with Crippen LogP contribution in [0.5, 0.6) is 0 Å². The molecule has 0 radical (unpaired) electrons. The van der Waals surface area contributed by atoms with Crippen molar-refractivity contribution in [3.63, 3.8) is 0 Å². The molecule has 5 nitrogen and oxygen atoms in total. The summed E-state index contributed by atoms with van der Waals surface area (Å²) in [5.41, 5.74) is 6.87. The summed E-state index contributed by atoms with van der Waals surface area (Å²) in [5, 5.41) is 0. The fourth-order valence-corrected chi connectivity index (χ4v) is 4.57. The fraction of sp³-hybridized carbons (Fsp3) is 0.269. The van der Waals surface area contributed by atoms with Gasteiger partial charge in [0.2, 0.25) is 0 Å². The maximum absolute atomic E-state index is 13.6. The second kappa shape index (κ2) is 8.27. The molecule has 1 fully saturated rings. The summed E-state index contributed by atoms with van der Waals surface area (Å²) in [6, 6.07) is 28.0. The van der Waals surface area contributed by atoms with Crippen LogP contribution in [-0.4, -0.2) is 35.0 Å². The Labute approximate surface area is 183 Å². The third-order valence-corrected chi connectivity index (χ3v) is 6.44. The Kier molecular flexibility index (Phi) is 5.32. The second-order valence-corrected chi connectivity index (χ2v) is 8.38. The molecule has 0 aromatic heterocycles. The van der Waals surface area contributed by atoms with Crippen molar-refractivity contribution in [2.24, 2.45) is 0 Å². The molecule has 2 aliphatic heterocycles. The van der Waals surface area contributed by atoms with Crippen molar-refractivity contribution in [3.8, 4) is 0 Å². The first-order valence-corrected chi connectivity index (χ1v) is 10.8. The van der Waals surface area contributed by atoms with Crippen LogP contribution in [0.1, 0.15) is 34.0 Å². The van der Waals surface area contributed by atoms with E-state index in [1.165, 1.54) is 11.1 Å². The van der Waals surface area contributed by atoms with Gasteiger partial charge in [0.1, 0.15) is 11.9 Å². The first-order valence-electron chi connectivity index (χ1n) is 10.8. The number of hydrogen-bond acceptors (Lipinski definition) is 4. The number of carbonyl (C=O) groups excluding carboxylic acids is 1. The number of benzene rings is 3. The Morgan fingerprint density at radius 3 is 2.32 bits per heavy atom. The molecule has 5 rings (SSSR count). The van der Waals surface area contributed by atoms with Gasteiger partial charge in [0, 0.05) is 18.7 Å². The van der Waals surface area contributed by atoms with Gasteiger partial charge in [-0.1, -0.05) is 72.8 Å². The topological polar surface area (TPSA) is 44.8 Å². The van der Waals surface area contributed by atoms with Gasteiger partial charge in [-0.3, -0.25) is 14.5 Å². The molecular weight excluding hydrogens is 386 g/mol. The molecule has 0 aliphatic carbocycles. The zero-order valence-electron chi connectivity index (χ0n) is 17.7. The highest BCUT2D eigenvalue weighted by molar-refractivity contribution is 5.94. The average molecular weight is 414 g/mol. The molecule has 0 saturated carbocycles. The first-order chi connectivity index (χ1) is 15.1. The largest absolute Gasteiger partial charge is 0.310 e. The summed E-state index contributed by atoms with van der Waals surface area (Å²) in [5.74, 6) is -0.00911. The lowest BCUT2D eigenvalue weighted by Crippen LogP contribution is -2.66. The van der Waals surface area contributed by atoms with Gasteiger partial charge in [-0.05, 0) is 42.2 Å². The number of carbonyl (C=O) groups is 1. The van der Waals surface area contributed by atoms with Gasteiger partial charge < -0.3 is 4.90 Å². The van der Waals surface area contributed by atoms with E-state index >= 15 is 0 Å². The van der Waals surface area contributed by atoms with Crippen molar-refractivity contribution in [3.05, 3.63) is 107 Å². The van der Waals surface area contributed by atoms with Crippen LogP contribution in [0.2, 0.25) is 0 Å². The zero-order valence-corrected chi connectivity index (χ0v) is 17.7. The Hall–Kier alpha value is -2.99. The Bertz CT molecular complexity index is 1060. The number of nitrogens with zero attached hydrogens (tertiary/aromatic N) is 2. The summed E-state index contributed by atoms with van der Waals surface area (Å²) in [6.45, 7) is 4.20. The SMILES string of the molecule is CC1(c2ccccc2)NOC(N2CCc3ccccc3C2)CN1C(=O)c1ccccc1. The second-order valence-electron chi connectivity index (χ2n) is 8.38. The molecule has 1 saturated heterocycles. The van der Waals surface area contributed by atoms with Gasteiger partial charge in [0.25, 0.3) is 5.91 Å². The summed E-state index contributed by atoms with van der Waals surface area (Å²) in [7, 11) is 0. The van der Waals surface area contributed by atoms with Gasteiger partial charge in [-0.2, -0.15) is 5.48 Å². The van der Waals surface area contributed by atoms with Gasteiger partial charge >= 0.3 is 0 Å². The smallest absolute Gasteiger partial charge is 0.255 e. The van der Waals surface area contributed by atoms with Crippen LogP contribution >= 0.6 is 0 Å². The molecule has 3 aromatic rings. The van der Waals surface area contributed by atoms with Crippen LogP contribution in [0.3, 0.4) is 0 Å². The van der Waals surface area contributed by atoms with E-state index in [0.717, 1.165) is 25.1 Å². The Morgan fingerprint density at radius 2 is 1.58 bits per heavy atom. The summed E-state index contributed by atoms with van der Waals surface area (Å²) >= 11 is 0. The highest BCUT2D eigenvalue weighted by atomic mass is 16.7. The molecule has 31 heavy (non-hydrogen) atoms. The average Bonchev–Trinajstić information content (AvgIpc) is 2.85. The molecule has 1 N–H and O–H groups in total. The quantitative estimate of drug-likeness (QED) is 0.707. The molecule has 1 amide bonds. The third-order valence-electron chi connectivity index (χ3n) is 6.44. The fourth-order valence-electron chi connectivity index (χ4n) is 4.57. The number of hydroxylamine groups is 1. The van der Waals surface area contributed by atoms with Crippen molar-refractivity contribution in [2.75, 3.05) is 13.1 Å². The molecule has 2 heterocycles. The lowest BCUT2D eigenvalue weighted by atomic mass is 9.97. The number of amides is 1. The molecule has 0 bridgehead atoms. The normalized spacial score (nSPS) is 23.9. The maximum atomic E-state index is 13.6. The lowest BCUT2D eigenvalue weighted by Gasteiger charge is -2.50. The van der Waals surface area contributed by atoms with Gasteiger partial charge in [0.05, 0.1) is 6.54 Å².